The smallest absolute Gasteiger partial charge is 0.277 e. The van der Waals surface area contributed by atoms with Crippen LogP contribution in [0.4, 0.5) is 5.69 Å². The zero-order chi connectivity index (χ0) is 13.3. The van der Waals surface area contributed by atoms with Crippen molar-refractivity contribution < 1.29 is 19.2 Å². The molecule has 18 heavy (non-hydrogen) atoms. The van der Waals surface area contributed by atoms with Gasteiger partial charge in [-0.1, -0.05) is 11.8 Å². The molecule has 0 saturated carbocycles. The van der Waals surface area contributed by atoms with E-state index in [0.29, 0.717) is 17.1 Å². The summed E-state index contributed by atoms with van der Waals surface area (Å²) in [5.41, 5.74) is 0.407. The fraction of sp³-hybridized carbons (Fsp3) is 0.364. The number of thioether (sulfide) groups is 1. The van der Waals surface area contributed by atoms with Crippen LogP contribution < -0.4 is 9.47 Å². The molecule has 0 aromatic heterocycles. The minimum absolute atomic E-state index is 0.0551. The van der Waals surface area contributed by atoms with Gasteiger partial charge in [-0.15, -0.1) is 0 Å². The van der Waals surface area contributed by atoms with Gasteiger partial charge in [0.25, 0.3) is 5.69 Å². The summed E-state index contributed by atoms with van der Waals surface area (Å²) in [6.07, 6.45) is 0. The zero-order valence-corrected chi connectivity index (χ0v) is 10.7. The number of benzene rings is 1. The summed E-state index contributed by atoms with van der Waals surface area (Å²) in [6.45, 7) is 3.24. The molecule has 0 bridgehead atoms. The van der Waals surface area contributed by atoms with Gasteiger partial charge in [-0.05, 0) is 13.0 Å². The van der Waals surface area contributed by atoms with Gasteiger partial charge in [0.1, 0.15) is 0 Å². The highest BCUT2D eigenvalue weighted by atomic mass is 32.2. The van der Waals surface area contributed by atoms with E-state index in [4.69, 9.17) is 9.47 Å². The Hall–Kier alpha value is -1.76. The summed E-state index contributed by atoms with van der Waals surface area (Å²) in [5.74, 6) is 0.845. The standard InChI is InChI=1S/C11H11NO5S/c1-6(18-7(2)13)8-3-10-11(17-5-16-10)4-9(8)12(14)15/h3-4,6H,5H2,1-2H3. The molecule has 1 aromatic rings. The average molecular weight is 269 g/mol. The van der Waals surface area contributed by atoms with Crippen molar-refractivity contribution in [2.24, 2.45) is 0 Å². The van der Waals surface area contributed by atoms with Gasteiger partial charge in [0.15, 0.2) is 16.6 Å². The Bertz CT molecular complexity index is 516. The van der Waals surface area contributed by atoms with Crippen LogP contribution in [0.15, 0.2) is 12.1 Å². The van der Waals surface area contributed by atoms with E-state index in [-0.39, 0.29) is 22.8 Å². The van der Waals surface area contributed by atoms with E-state index in [1.165, 1.54) is 13.0 Å². The van der Waals surface area contributed by atoms with Crippen molar-refractivity contribution in [1.82, 2.24) is 0 Å². The van der Waals surface area contributed by atoms with Crippen LogP contribution >= 0.6 is 11.8 Å². The molecule has 0 saturated heterocycles. The van der Waals surface area contributed by atoms with E-state index in [1.54, 1.807) is 13.0 Å². The number of carbonyl (C=O) groups excluding carboxylic acids is 1. The Kier molecular flexibility index (Phi) is 3.42. The molecule has 0 spiro atoms. The molecule has 1 heterocycles. The number of hydrogen-bond acceptors (Lipinski definition) is 6. The molecule has 7 heteroatoms. The topological polar surface area (TPSA) is 78.7 Å². The van der Waals surface area contributed by atoms with Gasteiger partial charge in [-0.3, -0.25) is 14.9 Å². The zero-order valence-electron chi connectivity index (χ0n) is 9.84. The highest BCUT2D eigenvalue weighted by Crippen LogP contribution is 2.43. The summed E-state index contributed by atoms with van der Waals surface area (Å²) in [4.78, 5) is 21.6. The van der Waals surface area contributed by atoms with E-state index in [1.807, 2.05) is 0 Å². The Labute approximate surface area is 107 Å². The van der Waals surface area contributed by atoms with Crippen LogP contribution in [-0.4, -0.2) is 16.8 Å². The first-order valence-corrected chi connectivity index (χ1v) is 6.12. The van der Waals surface area contributed by atoms with Crippen molar-refractivity contribution in [2.45, 2.75) is 19.1 Å². The number of nitrogens with zero attached hydrogens (tertiary/aromatic N) is 1. The predicted molar refractivity (Wildman–Crippen MR) is 65.9 cm³/mol. The molecule has 0 N–H and O–H groups in total. The minimum Gasteiger partial charge on any atom is -0.454 e. The number of hydrogen-bond donors (Lipinski definition) is 0. The fourth-order valence-electron chi connectivity index (χ4n) is 1.74. The minimum atomic E-state index is -0.478. The van der Waals surface area contributed by atoms with Crippen LogP contribution in [0.1, 0.15) is 24.7 Å². The predicted octanol–water partition coefficient (Wildman–Crippen LogP) is 2.66. The van der Waals surface area contributed by atoms with Gasteiger partial charge in [0, 0.05) is 17.7 Å². The van der Waals surface area contributed by atoms with Gasteiger partial charge in [-0.25, -0.2) is 0 Å². The van der Waals surface area contributed by atoms with Crippen LogP contribution in [0.25, 0.3) is 0 Å². The molecule has 0 amide bonds. The molecule has 1 aliphatic heterocycles. The molecule has 1 unspecified atom stereocenters. The van der Waals surface area contributed by atoms with Crippen molar-refractivity contribution in [3.63, 3.8) is 0 Å². The fourth-order valence-corrected chi connectivity index (χ4v) is 2.56. The second kappa shape index (κ2) is 4.85. The first kappa shape index (κ1) is 12.7. The van der Waals surface area contributed by atoms with Gasteiger partial charge >= 0.3 is 0 Å². The average Bonchev–Trinajstić information content (AvgIpc) is 2.72. The molecule has 1 aromatic carbocycles. The van der Waals surface area contributed by atoms with E-state index in [2.05, 4.69) is 0 Å². The molecular formula is C11H11NO5S. The van der Waals surface area contributed by atoms with Gasteiger partial charge < -0.3 is 9.47 Å². The van der Waals surface area contributed by atoms with Crippen LogP contribution in [0.3, 0.4) is 0 Å². The van der Waals surface area contributed by atoms with Gasteiger partial charge in [-0.2, -0.15) is 0 Å². The lowest BCUT2D eigenvalue weighted by molar-refractivity contribution is -0.385. The third-order valence-electron chi connectivity index (χ3n) is 2.50. The van der Waals surface area contributed by atoms with Gasteiger partial charge in [0.2, 0.25) is 6.79 Å². The SMILES string of the molecule is CC(=O)SC(C)c1cc2c(cc1[N+](=O)[O-])OCO2. The highest BCUT2D eigenvalue weighted by molar-refractivity contribution is 8.13. The number of ether oxygens (including phenoxy) is 2. The van der Waals surface area contributed by atoms with Crippen molar-refractivity contribution >= 4 is 22.6 Å². The highest BCUT2D eigenvalue weighted by Gasteiger charge is 2.26. The molecule has 1 aliphatic rings. The van der Waals surface area contributed by atoms with Crippen LogP contribution in [0.2, 0.25) is 0 Å². The third kappa shape index (κ3) is 2.40. The molecule has 0 aliphatic carbocycles. The maximum absolute atomic E-state index is 11.1. The van der Waals surface area contributed by atoms with E-state index < -0.39 is 4.92 Å². The molecule has 0 fully saturated rings. The number of nitro benzene ring substituents is 1. The van der Waals surface area contributed by atoms with Crippen molar-refractivity contribution in [2.75, 3.05) is 6.79 Å². The first-order valence-electron chi connectivity index (χ1n) is 5.24. The summed E-state index contributed by atoms with van der Waals surface area (Å²) in [6, 6.07) is 2.91. The van der Waals surface area contributed by atoms with Crippen LogP contribution in [0.5, 0.6) is 11.5 Å². The van der Waals surface area contributed by atoms with Gasteiger partial charge in [0.05, 0.1) is 11.0 Å². The van der Waals surface area contributed by atoms with Crippen LogP contribution in [-0.2, 0) is 4.79 Å². The molecular weight excluding hydrogens is 258 g/mol. The number of fused-ring (bicyclic) bond motifs is 1. The Morgan fingerprint density at radius 2 is 2.06 bits per heavy atom. The Morgan fingerprint density at radius 3 is 2.61 bits per heavy atom. The maximum Gasteiger partial charge on any atom is 0.277 e. The lowest BCUT2D eigenvalue weighted by Crippen LogP contribution is -1.99. The number of rotatable bonds is 3. The maximum atomic E-state index is 11.1. The molecule has 1 atom stereocenters. The largest absolute Gasteiger partial charge is 0.454 e. The summed E-state index contributed by atoms with van der Waals surface area (Å²) >= 11 is 1.04. The Balaban J connectivity index is 2.44. The monoisotopic (exact) mass is 269 g/mol. The normalized spacial score (nSPS) is 14.3. The molecule has 6 nitrogen and oxygen atoms in total. The molecule has 0 radical (unpaired) electrons. The summed E-state index contributed by atoms with van der Waals surface area (Å²) in [7, 11) is 0. The van der Waals surface area contributed by atoms with Crippen molar-refractivity contribution in [3.8, 4) is 11.5 Å². The summed E-state index contributed by atoms with van der Waals surface area (Å²) < 4.78 is 10.3. The number of nitro groups is 1. The lowest BCUT2D eigenvalue weighted by Gasteiger charge is -2.10. The second-order valence-corrected chi connectivity index (χ2v) is 5.29. The third-order valence-corrected chi connectivity index (χ3v) is 3.44. The molecule has 96 valence electrons. The lowest BCUT2D eigenvalue weighted by atomic mass is 10.1. The summed E-state index contributed by atoms with van der Waals surface area (Å²) in [5, 5.41) is 10.6. The van der Waals surface area contributed by atoms with E-state index in [9.17, 15) is 14.9 Å². The van der Waals surface area contributed by atoms with E-state index >= 15 is 0 Å². The van der Waals surface area contributed by atoms with Crippen molar-refractivity contribution in [1.29, 1.82) is 0 Å². The first-order chi connectivity index (χ1) is 8.49. The Morgan fingerprint density at radius 1 is 1.44 bits per heavy atom. The molecule has 2 rings (SSSR count). The number of carbonyl (C=O) groups is 1. The van der Waals surface area contributed by atoms with Crippen molar-refractivity contribution in [3.05, 3.63) is 27.8 Å². The quantitative estimate of drug-likeness (QED) is 0.620. The van der Waals surface area contributed by atoms with E-state index in [0.717, 1.165) is 11.8 Å². The second-order valence-electron chi connectivity index (χ2n) is 3.77. The van der Waals surface area contributed by atoms with Crippen LogP contribution in [0, 0.1) is 10.1 Å².